The number of hydrogen-bond acceptors (Lipinski definition) is 5. The molecule has 6 rings (SSSR count). The summed E-state index contributed by atoms with van der Waals surface area (Å²) >= 11 is 0. The molecule has 1 spiro atoms. The van der Waals surface area contributed by atoms with E-state index in [-0.39, 0.29) is 29.6 Å². The van der Waals surface area contributed by atoms with Gasteiger partial charge in [-0.25, -0.2) is 0 Å². The van der Waals surface area contributed by atoms with Gasteiger partial charge < -0.3 is 9.64 Å². The number of carbonyl (C=O) groups is 3. The lowest BCUT2D eigenvalue weighted by molar-refractivity contribution is -0.136. The van der Waals surface area contributed by atoms with E-state index < -0.39 is 6.04 Å². The van der Waals surface area contributed by atoms with Crippen LogP contribution >= 0.6 is 0 Å². The van der Waals surface area contributed by atoms with Gasteiger partial charge in [0.05, 0.1) is 13.2 Å². The fourth-order valence-corrected chi connectivity index (χ4v) is 5.88. The molecule has 1 N–H and O–H groups in total. The average molecular weight is 446 g/mol. The Morgan fingerprint density at radius 3 is 2.58 bits per heavy atom. The molecule has 0 saturated carbocycles. The Balaban J connectivity index is 1.21. The minimum Gasteiger partial charge on any atom is -0.492 e. The SMILES string of the molecule is O=C1CC[C@H](N2Cc3c(ccc4c3OCC43CCN(Cc4ccccc4)CC3)C2=O)C(=O)N1. The van der Waals surface area contributed by atoms with Gasteiger partial charge in [0, 0.05) is 35.1 Å². The van der Waals surface area contributed by atoms with Crippen molar-refractivity contribution in [1.29, 1.82) is 0 Å². The highest BCUT2D eigenvalue weighted by atomic mass is 16.5. The molecule has 170 valence electrons. The molecule has 1 atom stereocenters. The van der Waals surface area contributed by atoms with Gasteiger partial charge in [0.15, 0.2) is 0 Å². The number of imide groups is 1. The summed E-state index contributed by atoms with van der Waals surface area (Å²) in [6, 6.07) is 13.9. The maximum atomic E-state index is 13.1. The summed E-state index contributed by atoms with van der Waals surface area (Å²) < 4.78 is 6.26. The Morgan fingerprint density at radius 2 is 1.82 bits per heavy atom. The zero-order valence-electron chi connectivity index (χ0n) is 18.5. The number of likely N-dealkylation sites (tertiary alicyclic amines) is 1. The lowest BCUT2D eigenvalue weighted by Gasteiger charge is -2.38. The van der Waals surface area contributed by atoms with E-state index in [4.69, 9.17) is 4.74 Å². The maximum absolute atomic E-state index is 13.1. The van der Waals surface area contributed by atoms with Gasteiger partial charge in [-0.15, -0.1) is 0 Å². The number of hydrogen-bond donors (Lipinski definition) is 1. The van der Waals surface area contributed by atoms with E-state index in [0.717, 1.165) is 43.8 Å². The number of amides is 3. The molecule has 2 saturated heterocycles. The summed E-state index contributed by atoms with van der Waals surface area (Å²) in [6.45, 7) is 3.99. The zero-order valence-corrected chi connectivity index (χ0v) is 18.5. The molecular formula is C26H27N3O4. The fraction of sp³-hybridized carbons (Fsp3) is 0.423. The molecule has 33 heavy (non-hydrogen) atoms. The summed E-state index contributed by atoms with van der Waals surface area (Å²) in [5.74, 6) is 0.0362. The lowest BCUT2D eigenvalue weighted by Crippen LogP contribution is -2.52. The molecule has 4 heterocycles. The molecule has 2 fully saturated rings. The number of rotatable bonds is 3. The molecule has 0 aromatic heterocycles. The van der Waals surface area contributed by atoms with Crippen LogP contribution in [0.3, 0.4) is 0 Å². The van der Waals surface area contributed by atoms with Crippen LogP contribution in [0.15, 0.2) is 42.5 Å². The van der Waals surface area contributed by atoms with E-state index in [9.17, 15) is 14.4 Å². The van der Waals surface area contributed by atoms with Crippen molar-refractivity contribution in [2.75, 3.05) is 19.7 Å². The van der Waals surface area contributed by atoms with Crippen LogP contribution in [-0.4, -0.2) is 53.3 Å². The molecule has 3 amide bonds. The van der Waals surface area contributed by atoms with Crippen molar-refractivity contribution >= 4 is 17.7 Å². The summed E-state index contributed by atoms with van der Waals surface area (Å²) in [5.41, 5.74) is 4.05. The molecule has 4 aliphatic heterocycles. The van der Waals surface area contributed by atoms with Crippen molar-refractivity contribution in [3.63, 3.8) is 0 Å². The number of benzene rings is 2. The summed E-state index contributed by atoms with van der Waals surface area (Å²) in [5, 5.41) is 2.37. The van der Waals surface area contributed by atoms with Gasteiger partial charge in [0.1, 0.15) is 11.8 Å². The summed E-state index contributed by atoms with van der Waals surface area (Å²) in [6.07, 6.45) is 2.68. The number of ether oxygens (including phenoxy) is 1. The molecule has 0 unspecified atom stereocenters. The monoisotopic (exact) mass is 445 g/mol. The van der Waals surface area contributed by atoms with E-state index >= 15 is 0 Å². The van der Waals surface area contributed by atoms with E-state index in [2.05, 4.69) is 40.5 Å². The van der Waals surface area contributed by atoms with Gasteiger partial charge in [0.25, 0.3) is 5.91 Å². The largest absolute Gasteiger partial charge is 0.492 e. The van der Waals surface area contributed by atoms with Gasteiger partial charge in [-0.3, -0.25) is 24.6 Å². The van der Waals surface area contributed by atoms with Crippen molar-refractivity contribution in [3.05, 3.63) is 64.7 Å². The standard InChI is InChI=1S/C26H27N3O4/c30-22-9-8-21(24(31)27-22)29-15-19-18(25(29)32)6-7-20-23(19)33-16-26(20)10-12-28(13-11-26)14-17-4-2-1-3-5-17/h1-7,21H,8-16H2,(H,27,30,31)/t21-/m0/s1. The molecule has 0 aliphatic carbocycles. The van der Waals surface area contributed by atoms with Crippen LogP contribution in [0.1, 0.15) is 52.7 Å². The van der Waals surface area contributed by atoms with Crippen LogP contribution in [0.4, 0.5) is 0 Å². The minimum atomic E-state index is -0.602. The first-order valence-corrected chi connectivity index (χ1v) is 11.7. The Bertz CT molecular complexity index is 1140. The summed E-state index contributed by atoms with van der Waals surface area (Å²) in [7, 11) is 0. The van der Waals surface area contributed by atoms with Crippen LogP contribution in [0.2, 0.25) is 0 Å². The highest BCUT2D eigenvalue weighted by Gasteiger charge is 2.47. The third-order valence-corrected chi connectivity index (χ3v) is 7.79. The second-order valence-electron chi connectivity index (χ2n) is 9.70. The Hall–Kier alpha value is -3.19. The van der Waals surface area contributed by atoms with Crippen LogP contribution in [0, 0.1) is 0 Å². The minimum absolute atomic E-state index is 0.0113. The van der Waals surface area contributed by atoms with Gasteiger partial charge in [-0.05, 0) is 44.0 Å². The van der Waals surface area contributed by atoms with E-state index in [1.165, 1.54) is 11.1 Å². The molecule has 7 nitrogen and oxygen atoms in total. The number of fused-ring (bicyclic) bond motifs is 4. The maximum Gasteiger partial charge on any atom is 0.255 e. The molecule has 0 radical (unpaired) electrons. The van der Waals surface area contributed by atoms with E-state index in [1.807, 2.05) is 12.1 Å². The Kier molecular flexibility index (Phi) is 4.76. The van der Waals surface area contributed by atoms with Crippen molar-refractivity contribution in [2.45, 2.75) is 50.2 Å². The zero-order chi connectivity index (χ0) is 22.6. The first-order valence-electron chi connectivity index (χ1n) is 11.7. The Morgan fingerprint density at radius 1 is 1.03 bits per heavy atom. The third-order valence-electron chi connectivity index (χ3n) is 7.79. The molecule has 0 bridgehead atoms. The molecule has 4 aliphatic rings. The smallest absolute Gasteiger partial charge is 0.255 e. The highest BCUT2D eigenvalue weighted by molar-refractivity contribution is 6.05. The van der Waals surface area contributed by atoms with Gasteiger partial charge in [-0.1, -0.05) is 36.4 Å². The average Bonchev–Trinajstić information content (AvgIpc) is 3.35. The normalized spacial score (nSPS) is 23.9. The third kappa shape index (κ3) is 3.33. The predicted octanol–water partition coefficient (Wildman–Crippen LogP) is 2.37. The second kappa shape index (κ2) is 7.70. The molecule has 2 aromatic carbocycles. The van der Waals surface area contributed by atoms with Crippen LogP contribution in [0.25, 0.3) is 0 Å². The van der Waals surface area contributed by atoms with Crippen molar-refractivity contribution < 1.29 is 19.1 Å². The molecule has 2 aromatic rings. The predicted molar refractivity (Wildman–Crippen MR) is 121 cm³/mol. The Labute approximate surface area is 192 Å². The van der Waals surface area contributed by atoms with Crippen LogP contribution < -0.4 is 10.1 Å². The van der Waals surface area contributed by atoms with Gasteiger partial charge >= 0.3 is 0 Å². The van der Waals surface area contributed by atoms with Crippen molar-refractivity contribution in [3.8, 4) is 5.75 Å². The highest BCUT2D eigenvalue weighted by Crippen LogP contribution is 2.49. The summed E-state index contributed by atoms with van der Waals surface area (Å²) in [4.78, 5) is 41.1. The topological polar surface area (TPSA) is 79.0 Å². The van der Waals surface area contributed by atoms with Gasteiger partial charge in [-0.2, -0.15) is 0 Å². The number of piperidine rings is 2. The van der Waals surface area contributed by atoms with E-state index in [0.29, 0.717) is 25.1 Å². The number of nitrogens with zero attached hydrogens (tertiary/aromatic N) is 2. The van der Waals surface area contributed by atoms with Crippen LogP contribution in [0.5, 0.6) is 5.75 Å². The fourth-order valence-electron chi connectivity index (χ4n) is 5.88. The lowest BCUT2D eigenvalue weighted by atomic mass is 9.74. The number of carbonyl (C=O) groups excluding carboxylic acids is 3. The second-order valence-corrected chi connectivity index (χ2v) is 9.70. The van der Waals surface area contributed by atoms with Crippen molar-refractivity contribution in [1.82, 2.24) is 15.1 Å². The van der Waals surface area contributed by atoms with Crippen molar-refractivity contribution in [2.24, 2.45) is 0 Å². The first-order chi connectivity index (χ1) is 16.0. The number of nitrogens with one attached hydrogen (secondary N) is 1. The quantitative estimate of drug-likeness (QED) is 0.734. The van der Waals surface area contributed by atoms with E-state index in [1.54, 1.807) is 4.90 Å². The first kappa shape index (κ1) is 20.4. The van der Waals surface area contributed by atoms with Crippen LogP contribution in [-0.2, 0) is 28.1 Å². The molecular weight excluding hydrogens is 418 g/mol. The van der Waals surface area contributed by atoms with Gasteiger partial charge in [0.2, 0.25) is 11.8 Å². The molecule has 7 heteroatoms.